The molecule has 0 aliphatic carbocycles. The van der Waals surface area contributed by atoms with E-state index in [1.807, 2.05) is 41.3 Å². The van der Waals surface area contributed by atoms with Gasteiger partial charge in [0.15, 0.2) is 0 Å². The van der Waals surface area contributed by atoms with Gasteiger partial charge in [-0.15, -0.1) is 0 Å². The predicted molar refractivity (Wildman–Crippen MR) is 70.7 cm³/mol. The van der Waals surface area contributed by atoms with E-state index in [2.05, 4.69) is 31.8 Å². The molecule has 0 atom stereocenters. The Bertz CT molecular complexity index is 349. The van der Waals surface area contributed by atoms with Crippen molar-refractivity contribution in [1.29, 1.82) is 0 Å². The standard InChI is InChI=1S/C15H18N/c1-3-4-5-6-10-13-16(2)14-15-11-8-7-9-12-15/h3-12H,1-2,13-14H2/q-1. The lowest BCUT2D eigenvalue weighted by molar-refractivity contribution is 0.403. The summed E-state index contributed by atoms with van der Waals surface area (Å²) in [6.07, 6.45) is 9.71. The zero-order valence-electron chi connectivity index (χ0n) is 9.55. The fourth-order valence-corrected chi connectivity index (χ4v) is 1.34. The molecule has 0 unspecified atom stereocenters. The first-order valence-electron chi connectivity index (χ1n) is 5.36. The van der Waals surface area contributed by atoms with Crippen LogP contribution in [0.15, 0.2) is 67.3 Å². The van der Waals surface area contributed by atoms with Gasteiger partial charge < -0.3 is 4.90 Å². The largest absolute Gasteiger partial charge is 0.452 e. The Morgan fingerprint density at radius 1 is 1.12 bits per heavy atom. The Kier molecular flexibility index (Phi) is 5.97. The molecule has 84 valence electrons. The summed E-state index contributed by atoms with van der Waals surface area (Å²) in [5.41, 5.74) is 1.28. The van der Waals surface area contributed by atoms with Gasteiger partial charge in [0.2, 0.25) is 0 Å². The highest BCUT2D eigenvalue weighted by molar-refractivity contribution is 5.15. The molecule has 16 heavy (non-hydrogen) atoms. The van der Waals surface area contributed by atoms with E-state index in [1.165, 1.54) is 5.56 Å². The topological polar surface area (TPSA) is 3.24 Å². The number of allylic oxidation sites excluding steroid dienone is 4. The fourth-order valence-electron chi connectivity index (χ4n) is 1.34. The van der Waals surface area contributed by atoms with E-state index in [4.69, 9.17) is 0 Å². The second-order valence-electron chi connectivity index (χ2n) is 3.55. The minimum atomic E-state index is 0.844. The second-order valence-corrected chi connectivity index (χ2v) is 3.55. The van der Waals surface area contributed by atoms with Crippen molar-refractivity contribution < 1.29 is 0 Å². The van der Waals surface area contributed by atoms with Gasteiger partial charge in [-0.25, -0.2) is 0 Å². The van der Waals surface area contributed by atoms with Gasteiger partial charge in [-0.2, -0.15) is 0 Å². The zero-order chi connectivity index (χ0) is 11.6. The normalized spacial score (nSPS) is 11.6. The first kappa shape index (κ1) is 12.5. The van der Waals surface area contributed by atoms with Crippen LogP contribution < -0.4 is 0 Å². The molecular formula is C15H18N-. The lowest BCUT2D eigenvalue weighted by atomic mass is 10.2. The third-order valence-corrected chi connectivity index (χ3v) is 2.11. The van der Waals surface area contributed by atoms with E-state index in [1.54, 1.807) is 6.08 Å². The molecule has 0 heterocycles. The van der Waals surface area contributed by atoms with Crippen LogP contribution in [-0.2, 0) is 6.54 Å². The van der Waals surface area contributed by atoms with Crippen LogP contribution in [0.5, 0.6) is 0 Å². The SMILES string of the molecule is C=CC=CC=CCN([CH2-])Cc1ccccc1. The summed E-state index contributed by atoms with van der Waals surface area (Å²) >= 11 is 0. The maximum Gasteiger partial charge on any atom is -0.00428 e. The average molecular weight is 212 g/mol. The van der Waals surface area contributed by atoms with Crippen molar-refractivity contribution in [2.24, 2.45) is 0 Å². The first-order chi connectivity index (χ1) is 7.83. The van der Waals surface area contributed by atoms with Crippen molar-refractivity contribution in [2.45, 2.75) is 6.54 Å². The summed E-state index contributed by atoms with van der Waals surface area (Å²) in [7, 11) is 3.99. The number of nitrogens with zero attached hydrogens (tertiary/aromatic N) is 1. The van der Waals surface area contributed by atoms with Crippen LogP contribution >= 0.6 is 0 Å². The van der Waals surface area contributed by atoms with Crippen LogP contribution in [0.1, 0.15) is 5.56 Å². The molecule has 0 aliphatic heterocycles. The highest BCUT2D eigenvalue weighted by Crippen LogP contribution is 2.02. The lowest BCUT2D eigenvalue weighted by Crippen LogP contribution is -2.14. The Morgan fingerprint density at radius 3 is 2.56 bits per heavy atom. The van der Waals surface area contributed by atoms with E-state index in [0.717, 1.165) is 13.1 Å². The molecule has 1 heteroatoms. The first-order valence-corrected chi connectivity index (χ1v) is 5.36. The van der Waals surface area contributed by atoms with Crippen molar-refractivity contribution >= 4 is 0 Å². The second kappa shape index (κ2) is 7.66. The molecule has 0 amide bonds. The van der Waals surface area contributed by atoms with Gasteiger partial charge in [-0.3, -0.25) is 7.05 Å². The van der Waals surface area contributed by atoms with Crippen LogP contribution in [0.25, 0.3) is 0 Å². The molecule has 0 N–H and O–H groups in total. The van der Waals surface area contributed by atoms with Crippen LogP contribution in [-0.4, -0.2) is 11.4 Å². The minimum absolute atomic E-state index is 0.844. The van der Waals surface area contributed by atoms with E-state index in [-0.39, 0.29) is 0 Å². The molecule has 0 fully saturated rings. The van der Waals surface area contributed by atoms with Crippen molar-refractivity contribution in [2.75, 3.05) is 6.54 Å². The number of benzene rings is 1. The molecule has 0 radical (unpaired) electrons. The van der Waals surface area contributed by atoms with Crippen LogP contribution in [0.2, 0.25) is 0 Å². The molecule has 0 spiro atoms. The van der Waals surface area contributed by atoms with E-state index in [0.29, 0.717) is 0 Å². The van der Waals surface area contributed by atoms with E-state index in [9.17, 15) is 0 Å². The number of rotatable bonds is 6. The molecule has 1 aromatic carbocycles. The Hall–Kier alpha value is -1.60. The van der Waals surface area contributed by atoms with Crippen molar-refractivity contribution in [3.05, 3.63) is 79.9 Å². The Balaban J connectivity index is 2.31. The van der Waals surface area contributed by atoms with Gasteiger partial charge in [0.1, 0.15) is 0 Å². The summed E-state index contributed by atoms with van der Waals surface area (Å²) < 4.78 is 0. The Labute approximate surface area is 98.4 Å². The minimum Gasteiger partial charge on any atom is -0.452 e. The van der Waals surface area contributed by atoms with Gasteiger partial charge in [-0.1, -0.05) is 67.3 Å². The van der Waals surface area contributed by atoms with Gasteiger partial charge >= 0.3 is 0 Å². The van der Waals surface area contributed by atoms with Gasteiger partial charge in [0.25, 0.3) is 0 Å². The number of hydrogen-bond donors (Lipinski definition) is 0. The van der Waals surface area contributed by atoms with E-state index < -0.39 is 0 Å². The molecular weight excluding hydrogens is 194 g/mol. The summed E-state index contributed by atoms with van der Waals surface area (Å²) in [5, 5.41) is 0. The average Bonchev–Trinajstić information content (AvgIpc) is 2.30. The molecule has 0 bridgehead atoms. The number of hydrogen-bond acceptors (Lipinski definition) is 1. The molecule has 1 rings (SSSR count). The van der Waals surface area contributed by atoms with Gasteiger partial charge in [0, 0.05) is 0 Å². The summed E-state index contributed by atoms with van der Waals surface area (Å²) in [6.45, 7) is 5.32. The maximum absolute atomic E-state index is 3.99. The van der Waals surface area contributed by atoms with Crippen LogP contribution in [0, 0.1) is 7.05 Å². The van der Waals surface area contributed by atoms with Crippen molar-refractivity contribution in [3.8, 4) is 0 Å². The fraction of sp³-hybridized carbons (Fsp3) is 0.133. The molecule has 0 saturated heterocycles. The monoisotopic (exact) mass is 212 g/mol. The summed E-state index contributed by atoms with van der Waals surface area (Å²) in [4.78, 5) is 2.02. The van der Waals surface area contributed by atoms with E-state index >= 15 is 0 Å². The van der Waals surface area contributed by atoms with Gasteiger partial charge in [-0.05, 0) is 18.7 Å². The predicted octanol–water partition coefficient (Wildman–Crippen LogP) is 3.58. The quantitative estimate of drug-likeness (QED) is 0.514. The Morgan fingerprint density at radius 2 is 1.88 bits per heavy atom. The maximum atomic E-state index is 3.99. The third-order valence-electron chi connectivity index (χ3n) is 2.11. The summed E-state index contributed by atoms with van der Waals surface area (Å²) in [5.74, 6) is 0. The zero-order valence-corrected chi connectivity index (χ0v) is 9.55. The third kappa shape index (κ3) is 5.32. The molecule has 1 aromatic rings. The van der Waals surface area contributed by atoms with Crippen LogP contribution in [0.3, 0.4) is 0 Å². The van der Waals surface area contributed by atoms with Gasteiger partial charge in [0.05, 0.1) is 0 Å². The molecule has 1 nitrogen and oxygen atoms in total. The molecule has 0 aliphatic rings. The smallest absolute Gasteiger partial charge is 0.00428 e. The highest BCUT2D eigenvalue weighted by atomic mass is 15.1. The highest BCUT2D eigenvalue weighted by Gasteiger charge is 1.90. The molecule has 0 aromatic heterocycles. The van der Waals surface area contributed by atoms with Crippen molar-refractivity contribution in [1.82, 2.24) is 4.90 Å². The van der Waals surface area contributed by atoms with Crippen molar-refractivity contribution in [3.63, 3.8) is 0 Å². The summed E-state index contributed by atoms with van der Waals surface area (Å²) in [6, 6.07) is 10.3. The van der Waals surface area contributed by atoms with Crippen LogP contribution in [0.4, 0.5) is 0 Å². The molecule has 0 saturated carbocycles. The lowest BCUT2D eigenvalue weighted by Gasteiger charge is -2.22.